The Morgan fingerprint density at radius 2 is 2.07 bits per heavy atom. The van der Waals surface area contributed by atoms with Crippen molar-refractivity contribution >= 4 is 17.2 Å². The van der Waals surface area contributed by atoms with E-state index in [0.717, 1.165) is 56.8 Å². The summed E-state index contributed by atoms with van der Waals surface area (Å²) >= 11 is 1.80. The van der Waals surface area contributed by atoms with Gasteiger partial charge >= 0.3 is 0 Å². The standard InChI is InChI=1S/C21H25N5OS/c27-21(7-4-17-3-1-9-22-15-17)26-12-2-11-25(13-14-26)16-18-5-6-20(28-18)19-8-10-23-24-19/h1,3,5-6,8-10,15H,2,4,7,11-14,16H2,(H,23,24). The maximum atomic E-state index is 12.6. The summed E-state index contributed by atoms with van der Waals surface area (Å²) in [6, 6.07) is 10.3. The Hall–Kier alpha value is -2.51. The lowest BCUT2D eigenvalue weighted by Gasteiger charge is -2.21. The number of H-pyrrole nitrogens is 1. The molecule has 0 unspecified atom stereocenters. The van der Waals surface area contributed by atoms with Crippen molar-refractivity contribution in [2.24, 2.45) is 0 Å². The van der Waals surface area contributed by atoms with Gasteiger partial charge in [0, 0.05) is 62.6 Å². The molecular weight excluding hydrogens is 370 g/mol. The highest BCUT2D eigenvalue weighted by molar-refractivity contribution is 7.15. The van der Waals surface area contributed by atoms with Crippen molar-refractivity contribution in [3.8, 4) is 10.6 Å². The molecule has 1 N–H and O–H groups in total. The number of nitrogens with zero attached hydrogens (tertiary/aromatic N) is 4. The lowest BCUT2D eigenvalue weighted by atomic mass is 10.1. The first-order valence-electron chi connectivity index (χ1n) is 9.75. The molecule has 0 radical (unpaired) electrons. The zero-order valence-corrected chi connectivity index (χ0v) is 16.7. The minimum Gasteiger partial charge on any atom is -0.341 e. The van der Waals surface area contributed by atoms with Crippen molar-refractivity contribution in [3.05, 3.63) is 59.4 Å². The van der Waals surface area contributed by atoms with Crippen molar-refractivity contribution in [2.45, 2.75) is 25.8 Å². The number of aryl methyl sites for hydroxylation is 1. The smallest absolute Gasteiger partial charge is 0.222 e. The average molecular weight is 396 g/mol. The third-order valence-corrected chi connectivity index (χ3v) is 6.20. The maximum absolute atomic E-state index is 12.6. The van der Waals surface area contributed by atoms with E-state index in [1.54, 1.807) is 23.7 Å². The molecule has 28 heavy (non-hydrogen) atoms. The number of pyridine rings is 1. The second-order valence-corrected chi connectivity index (χ2v) is 8.28. The molecular formula is C21H25N5OS. The molecule has 6 nitrogen and oxygen atoms in total. The molecule has 1 aliphatic rings. The second-order valence-electron chi connectivity index (χ2n) is 7.11. The van der Waals surface area contributed by atoms with E-state index in [4.69, 9.17) is 0 Å². The van der Waals surface area contributed by atoms with Crippen LogP contribution in [0.2, 0.25) is 0 Å². The van der Waals surface area contributed by atoms with E-state index in [1.807, 2.05) is 29.3 Å². The van der Waals surface area contributed by atoms with E-state index in [-0.39, 0.29) is 5.91 Å². The van der Waals surface area contributed by atoms with Crippen LogP contribution in [-0.4, -0.2) is 57.1 Å². The van der Waals surface area contributed by atoms with Crippen LogP contribution in [0, 0.1) is 0 Å². The van der Waals surface area contributed by atoms with Gasteiger partial charge in [0.25, 0.3) is 0 Å². The molecule has 0 atom stereocenters. The Balaban J connectivity index is 1.27. The van der Waals surface area contributed by atoms with Crippen LogP contribution in [0.25, 0.3) is 10.6 Å². The first kappa shape index (κ1) is 18.8. The highest BCUT2D eigenvalue weighted by Gasteiger charge is 2.19. The Morgan fingerprint density at radius 3 is 2.89 bits per heavy atom. The van der Waals surface area contributed by atoms with Gasteiger partial charge in [0.15, 0.2) is 0 Å². The lowest BCUT2D eigenvalue weighted by molar-refractivity contribution is -0.131. The van der Waals surface area contributed by atoms with Gasteiger partial charge in [-0.15, -0.1) is 11.3 Å². The highest BCUT2D eigenvalue weighted by Crippen LogP contribution is 2.27. The normalized spacial score (nSPS) is 15.5. The van der Waals surface area contributed by atoms with Crippen molar-refractivity contribution < 1.29 is 4.79 Å². The fraction of sp³-hybridized carbons (Fsp3) is 0.381. The fourth-order valence-electron chi connectivity index (χ4n) is 3.55. The van der Waals surface area contributed by atoms with E-state index in [2.05, 4.69) is 32.2 Å². The number of thiophene rings is 1. The predicted octanol–water partition coefficient (Wildman–Crippen LogP) is 3.20. The third kappa shape index (κ3) is 4.85. The summed E-state index contributed by atoms with van der Waals surface area (Å²) in [5.41, 5.74) is 2.19. The van der Waals surface area contributed by atoms with Crippen LogP contribution in [0.15, 0.2) is 48.9 Å². The van der Waals surface area contributed by atoms with E-state index in [0.29, 0.717) is 6.42 Å². The molecule has 4 heterocycles. The van der Waals surface area contributed by atoms with Gasteiger partial charge in [-0.25, -0.2) is 0 Å². The maximum Gasteiger partial charge on any atom is 0.222 e. The van der Waals surface area contributed by atoms with Crippen LogP contribution >= 0.6 is 11.3 Å². The largest absolute Gasteiger partial charge is 0.341 e. The molecule has 7 heteroatoms. The van der Waals surface area contributed by atoms with Gasteiger partial charge in [-0.3, -0.25) is 19.8 Å². The van der Waals surface area contributed by atoms with Crippen LogP contribution in [-0.2, 0) is 17.8 Å². The van der Waals surface area contributed by atoms with Crippen LogP contribution in [0.5, 0.6) is 0 Å². The predicted molar refractivity (Wildman–Crippen MR) is 111 cm³/mol. The lowest BCUT2D eigenvalue weighted by Crippen LogP contribution is -2.35. The molecule has 3 aromatic rings. The number of hydrogen-bond donors (Lipinski definition) is 1. The molecule has 1 saturated heterocycles. The molecule has 0 aromatic carbocycles. The van der Waals surface area contributed by atoms with Crippen LogP contribution < -0.4 is 0 Å². The Labute approximate surface area is 169 Å². The summed E-state index contributed by atoms with van der Waals surface area (Å²) in [5.74, 6) is 0.253. The SMILES string of the molecule is O=C(CCc1cccnc1)N1CCCN(Cc2ccc(-c3ccn[nH]3)s2)CC1. The number of amides is 1. The molecule has 0 spiro atoms. The number of aromatic amines is 1. The van der Waals surface area contributed by atoms with Crippen LogP contribution in [0.1, 0.15) is 23.3 Å². The Bertz CT molecular complexity index is 877. The minimum absolute atomic E-state index is 0.253. The molecule has 1 amide bonds. The van der Waals surface area contributed by atoms with Crippen LogP contribution in [0.3, 0.4) is 0 Å². The van der Waals surface area contributed by atoms with Crippen molar-refractivity contribution in [2.75, 3.05) is 26.2 Å². The highest BCUT2D eigenvalue weighted by atomic mass is 32.1. The topological polar surface area (TPSA) is 65.1 Å². The molecule has 0 bridgehead atoms. The Morgan fingerprint density at radius 1 is 1.11 bits per heavy atom. The molecule has 1 fully saturated rings. The summed E-state index contributed by atoms with van der Waals surface area (Å²) in [4.78, 5) is 23.8. The first-order valence-corrected chi connectivity index (χ1v) is 10.6. The molecule has 4 rings (SSSR count). The van der Waals surface area contributed by atoms with Gasteiger partial charge in [0.05, 0.1) is 10.6 Å². The number of nitrogens with one attached hydrogen (secondary N) is 1. The average Bonchev–Trinajstić information content (AvgIpc) is 3.36. The zero-order valence-electron chi connectivity index (χ0n) is 15.9. The minimum atomic E-state index is 0.253. The molecule has 0 saturated carbocycles. The van der Waals surface area contributed by atoms with Crippen LogP contribution in [0.4, 0.5) is 0 Å². The van der Waals surface area contributed by atoms with Crippen molar-refractivity contribution in [1.82, 2.24) is 25.0 Å². The van der Waals surface area contributed by atoms with Crippen molar-refractivity contribution in [3.63, 3.8) is 0 Å². The monoisotopic (exact) mass is 395 g/mol. The summed E-state index contributed by atoms with van der Waals surface area (Å²) in [5, 5.41) is 7.05. The van der Waals surface area contributed by atoms with Gasteiger partial charge < -0.3 is 4.90 Å². The second kappa shape index (κ2) is 9.12. The zero-order chi connectivity index (χ0) is 19.2. The summed E-state index contributed by atoms with van der Waals surface area (Å²) in [7, 11) is 0. The van der Waals surface area contributed by atoms with Gasteiger partial charge in [-0.05, 0) is 42.7 Å². The van der Waals surface area contributed by atoms with Gasteiger partial charge in [-0.1, -0.05) is 6.07 Å². The molecule has 0 aliphatic carbocycles. The van der Waals surface area contributed by atoms with Gasteiger partial charge in [-0.2, -0.15) is 5.10 Å². The summed E-state index contributed by atoms with van der Waals surface area (Å²) in [6.07, 6.45) is 7.74. The summed E-state index contributed by atoms with van der Waals surface area (Å²) < 4.78 is 0. The van der Waals surface area contributed by atoms with E-state index in [1.165, 1.54) is 9.75 Å². The number of aromatic nitrogens is 3. The third-order valence-electron chi connectivity index (χ3n) is 5.10. The number of carbonyl (C=O) groups excluding carboxylic acids is 1. The number of hydrogen-bond acceptors (Lipinski definition) is 5. The fourth-order valence-corrected chi connectivity index (χ4v) is 4.58. The molecule has 1 aliphatic heterocycles. The number of carbonyl (C=O) groups is 1. The summed E-state index contributed by atoms with van der Waals surface area (Å²) in [6.45, 7) is 4.56. The first-order chi connectivity index (χ1) is 13.8. The van der Waals surface area contributed by atoms with E-state index >= 15 is 0 Å². The molecule has 3 aromatic heterocycles. The number of rotatable bonds is 6. The van der Waals surface area contributed by atoms with E-state index in [9.17, 15) is 4.79 Å². The van der Waals surface area contributed by atoms with Gasteiger partial charge in [0.2, 0.25) is 5.91 Å². The quantitative estimate of drug-likeness (QED) is 0.696. The van der Waals surface area contributed by atoms with E-state index < -0.39 is 0 Å². The Kier molecular flexibility index (Phi) is 6.14. The van der Waals surface area contributed by atoms with Gasteiger partial charge in [0.1, 0.15) is 0 Å². The van der Waals surface area contributed by atoms with Crippen molar-refractivity contribution in [1.29, 1.82) is 0 Å². The molecule has 146 valence electrons.